The molecule has 0 radical (unpaired) electrons. The van der Waals surface area contributed by atoms with Gasteiger partial charge in [-0.05, 0) is 13.8 Å². The molecule has 24 heavy (non-hydrogen) atoms. The Balaban J connectivity index is 2.55. The van der Waals surface area contributed by atoms with Gasteiger partial charge in [-0.15, -0.1) is 23.2 Å². The van der Waals surface area contributed by atoms with E-state index >= 15 is 0 Å². The van der Waals surface area contributed by atoms with Crippen molar-refractivity contribution < 1.29 is 29.6 Å². The lowest BCUT2D eigenvalue weighted by Crippen LogP contribution is -2.68. The Morgan fingerprint density at radius 1 is 1.46 bits per heavy atom. The van der Waals surface area contributed by atoms with E-state index in [1.54, 1.807) is 0 Å². The maximum Gasteiger partial charge on any atom is 0.338 e. The second-order valence-electron chi connectivity index (χ2n) is 6.30. The van der Waals surface area contributed by atoms with Crippen LogP contribution in [-0.2, 0) is 14.3 Å². The number of cyclic esters (lactones) is 1. The highest BCUT2D eigenvalue weighted by Gasteiger charge is 2.59. The number of rotatable bonds is 3. The molecule has 0 unspecified atom stereocenters. The van der Waals surface area contributed by atoms with Crippen molar-refractivity contribution in [2.45, 2.75) is 55.0 Å². The number of ether oxygens (including phenoxy) is 1. The van der Waals surface area contributed by atoms with E-state index in [-0.39, 0.29) is 12.0 Å². The van der Waals surface area contributed by atoms with E-state index in [0.717, 1.165) is 0 Å². The molecule has 8 nitrogen and oxygen atoms in total. The Labute approximate surface area is 148 Å². The van der Waals surface area contributed by atoms with Gasteiger partial charge in [-0.25, -0.2) is 4.79 Å². The molecule has 2 rings (SSSR count). The minimum atomic E-state index is -1.60. The number of aliphatic hydroxyl groups is 3. The standard InChI is InChI=1S/C14H20Cl2N2O6/c1-4(17)11(22)18-10-8-7(5(19)3-6(20)9(8)21)12(23)24-14(10,2)13(15)16/h4,6,8-10,13,19-21H,3,17H2,1-2H3,(H,18,22)/t4-,6-,8+,9-,10-,14-/m1/s1. The van der Waals surface area contributed by atoms with Gasteiger partial charge in [0.2, 0.25) is 5.91 Å². The van der Waals surface area contributed by atoms with E-state index in [1.807, 2.05) is 0 Å². The third kappa shape index (κ3) is 3.09. The lowest BCUT2D eigenvalue weighted by molar-refractivity contribution is -0.173. The van der Waals surface area contributed by atoms with E-state index in [0.29, 0.717) is 0 Å². The molecule has 0 spiro atoms. The molecule has 6 N–H and O–H groups in total. The number of hydrogen-bond donors (Lipinski definition) is 5. The number of nitrogens with two attached hydrogens (primary N) is 1. The number of aliphatic hydroxyl groups excluding tert-OH is 3. The van der Waals surface area contributed by atoms with Crippen LogP contribution in [0.2, 0.25) is 0 Å². The number of fused-ring (bicyclic) bond motifs is 1. The molecule has 0 saturated carbocycles. The maximum absolute atomic E-state index is 12.3. The maximum atomic E-state index is 12.3. The monoisotopic (exact) mass is 382 g/mol. The van der Waals surface area contributed by atoms with Gasteiger partial charge in [-0.2, -0.15) is 0 Å². The minimum absolute atomic E-state index is 0.214. The number of hydrogen-bond acceptors (Lipinski definition) is 7. The van der Waals surface area contributed by atoms with Crippen molar-refractivity contribution >= 4 is 35.1 Å². The van der Waals surface area contributed by atoms with Crippen molar-refractivity contribution in [1.82, 2.24) is 5.32 Å². The second kappa shape index (κ2) is 6.68. The molecule has 136 valence electrons. The summed E-state index contributed by atoms with van der Waals surface area (Å²) in [4.78, 5) is 23.1. The van der Waals surface area contributed by atoms with Crippen molar-refractivity contribution in [3.05, 3.63) is 11.3 Å². The third-order valence-corrected chi connectivity index (χ3v) is 5.33. The Kier molecular flexibility index (Phi) is 5.37. The Hall–Kier alpha value is -1.06. The minimum Gasteiger partial charge on any atom is -0.512 e. The van der Waals surface area contributed by atoms with Gasteiger partial charge >= 0.3 is 5.97 Å². The third-order valence-electron chi connectivity index (χ3n) is 4.46. The highest BCUT2D eigenvalue weighted by atomic mass is 35.5. The number of carbonyl (C=O) groups excluding carboxylic acids is 2. The summed E-state index contributed by atoms with van der Waals surface area (Å²) in [7, 11) is 0. The Bertz CT molecular complexity index is 582. The van der Waals surface area contributed by atoms with Gasteiger partial charge in [0.05, 0.1) is 29.9 Å². The Morgan fingerprint density at radius 3 is 2.54 bits per heavy atom. The molecule has 0 aromatic carbocycles. The van der Waals surface area contributed by atoms with Crippen LogP contribution in [0.4, 0.5) is 0 Å². The largest absolute Gasteiger partial charge is 0.512 e. The van der Waals surface area contributed by atoms with Crippen molar-refractivity contribution in [3.8, 4) is 0 Å². The number of amides is 1. The van der Waals surface area contributed by atoms with Gasteiger partial charge in [0.1, 0.15) is 10.6 Å². The zero-order chi connectivity index (χ0) is 18.4. The molecule has 2 aliphatic rings. The van der Waals surface area contributed by atoms with Crippen LogP contribution in [0.25, 0.3) is 0 Å². The first-order chi connectivity index (χ1) is 11.0. The fraction of sp³-hybridized carbons (Fsp3) is 0.714. The predicted octanol–water partition coefficient (Wildman–Crippen LogP) is -0.509. The van der Waals surface area contributed by atoms with Crippen LogP contribution in [0.3, 0.4) is 0 Å². The molecule has 10 heteroatoms. The number of carbonyl (C=O) groups is 2. The lowest BCUT2D eigenvalue weighted by Gasteiger charge is -2.50. The molecule has 0 aromatic heterocycles. The van der Waals surface area contributed by atoms with Crippen LogP contribution in [-0.4, -0.2) is 61.9 Å². The summed E-state index contributed by atoms with van der Waals surface area (Å²) >= 11 is 11.9. The SMILES string of the molecule is C[C@@H](N)C(=O)N[C@@H]1[C@H]2C(=C(O)C[C@@H](O)[C@H]2O)C(=O)O[C@@]1(C)C(Cl)Cl. The van der Waals surface area contributed by atoms with Crippen LogP contribution < -0.4 is 11.1 Å². The molecular formula is C14H20Cl2N2O6. The van der Waals surface area contributed by atoms with Crippen molar-refractivity contribution in [2.24, 2.45) is 11.7 Å². The van der Waals surface area contributed by atoms with E-state index in [1.165, 1.54) is 13.8 Å². The normalized spacial score (nSPS) is 37.8. The zero-order valence-electron chi connectivity index (χ0n) is 13.1. The van der Waals surface area contributed by atoms with E-state index in [9.17, 15) is 24.9 Å². The highest BCUT2D eigenvalue weighted by Crippen LogP contribution is 2.44. The van der Waals surface area contributed by atoms with E-state index in [2.05, 4.69) is 5.32 Å². The van der Waals surface area contributed by atoms with Gasteiger partial charge in [-0.1, -0.05) is 0 Å². The predicted molar refractivity (Wildman–Crippen MR) is 85.3 cm³/mol. The van der Waals surface area contributed by atoms with Gasteiger partial charge in [0, 0.05) is 12.3 Å². The molecule has 6 atom stereocenters. The average molecular weight is 383 g/mol. The van der Waals surface area contributed by atoms with Crippen LogP contribution in [0.1, 0.15) is 20.3 Å². The molecular weight excluding hydrogens is 363 g/mol. The first-order valence-electron chi connectivity index (χ1n) is 7.36. The first kappa shape index (κ1) is 19.3. The number of halogens is 2. The molecule has 0 aromatic rings. The molecule has 0 bridgehead atoms. The van der Waals surface area contributed by atoms with Gasteiger partial charge < -0.3 is 31.1 Å². The molecule has 1 fully saturated rings. The first-order valence-corrected chi connectivity index (χ1v) is 8.23. The van der Waals surface area contributed by atoms with Crippen LogP contribution in [0.5, 0.6) is 0 Å². The van der Waals surface area contributed by atoms with Crippen molar-refractivity contribution in [3.63, 3.8) is 0 Å². The quantitative estimate of drug-likeness (QED) is 0.326. The highest BCUT2D eigenvalue weighted by molar-refractivity contribution is 6.45. The van der Waals surface area contributed by atoms with Gasteiger partial charge in [0.15, 0.2) is 5.60 Å². The summed E-state index contributed by atoms with van der Waals surface area (Å²) in [6.07, 6.45) is -3.07. The lowest BCUT2D eigenvalue weighted by atomic mass is 9.71. The molecule has 1 heterocycles. The number of nitrogens with one attached hydrogen (secondary N) is 1. The topological polar surface area (TPSA) is 142 Å². The van der Waals surface area contributed by atoms with Crippen molar-refractivity contribution in [2.75, 3.05) is 0 Å². The smallest absolute Gasteiger partial charge is 0.338 e. The summed E-state index contributed by atoms with van der Waals surface area (Å²) in [5.74, 6) is -3.07. The molecule has 1 saturated heterocycles. The summed E-state index contributed by atoms with van der Waals surface area (Å²) < 4.78 is 5.28. The summed E-state index contributed by atoms with van der Waals surface area (Å²) in [5, 5.41) is 32.9. The Morgan fingerprint density at radius 2 is 2.04 bits per heavy atom. The van der Waals surface area contributed by atoms with Crippen LogP contribution >= 0.6 is 23.2 Å². The summed E-state index contributed by atoms with van der Waals surface area (Å²) in [6.45, 7) is 2.84. The number of esters is 1. The molecule has 1 amide bonds. The van der Waals surface area contributed by atoms with Crippen LogP contribution in [0.15, 0.2) is 11.3 Å². The van der Waals surface area contributed by atoms with Gasteiger partial charge in [-0.3, -0.25) is 4.79 Å². The zero-order valence-corrected chi connectivity index (χ0v) is 14.6. The van der Waals surface area contributed by atoms with E-state index in [4.69, 9.17) is 33.7 Å². The second-order valence-corrected chi connectivity index (χ2v) is 7.39. The van der Waals surface area contributed by atoms with Crippen LogP contribution in [0, 0.1) is 5.92 Å². The van der Waals surface area contributed by atoms with E-state index < -0.39 is 58.3 Å². The number of alkyl halides is 2. The van der Waals surface area contributed by atoms with Crippen molar-refractivity contribution in [1.29, 1.82) is 0 Å². The average Bonchev–Trinajstić information content (AvgIpc) is 2.46. The van der Waals surface area contributed by atoms with Gasteiger partial charge in [0.25, 0.3) is 0 Å². The fourth-order valence-corrected chi connectivity index (χ4v) is 3.38. The molecule has 1 aliphatic heterocycles. The summed E-state index contributed by atoms with van der Waals surface area (Å²) in [6, 6.07) is -1.99. The fourth-order valence-electron chi connectivity index (χ4n) is 3.02. The summed E-state index contributed by atoms with van der Waals surface area (Å²) in [5.41, 5.74) is 3.73. The molecule has 1 aliphatic carbocycles.